The number of benzene rings is 1. The van der Waals surface area contributed by atoms with E-state index >= 15 is 0 Å². The highest BCUT2D eigenvalue weighted by atomic mass is 16.5. The Morgan fingerprint density at radius 3 is 2.59 bits per heavy atom. The highest BCUT2D eigenvalue weighted by Crippen LogP contribution is 2.29. The van der Waals surface area contributed by atoms with E-state index in [4.69, 9.17) is 14.5 Å². The minimum absolute atomic E-state index is 0.210. The standard InChI is InChI=1S/C24H35N3O2/c1-24(2,3)18-20-10-11-25-23(26-20)17-19-8-9-21(28-4)22(16-19)29-15-7-14-27-12-5-6-13-27/h8-11,16H,5-7,12-15,17-18H2,1-4H3. The van der Waals surface area contributed by atoms with Crippen molar-refractivity contribution in [1.29, 1.82) is 0 Å². The van der Waals surface area contributed by atoms with Gasteiger partial charge in [-0.05, 0) is 68.0 Å². The number of nitrogens with zero attached hydrogens (tertiary/aromatic N) is 3. The zero-order valence-electron chi connectivity index (χ0n) is 18.4. The van der Waals surface area contributed by atoms with Crippen LogP contribution in [0.25, 0.3) is 0 Å². The summed E-state index contributed by atoms with van der Waals surface area (Å²) in [5, 5.41) is 0. The maximum atomic E-state index is 6.06. The van der Waals surface area contributed by atoms with Gasteiger partial charge >= 0.3 is 0 Å². The number of methoxy groups -OCH3 is 1. The summed E-state index contributed by atoms with van der Waals surface area (Å²) in [6, 6.07) is 8.12. The molecule has 0 atom stereocenters. The summed E-state index contributed by atoms with van der Waals surface area (Å²) in [5.41, 5.74) is 2.43. The highest BCUT2D eigenvalue weighted by Gasteiger charge is 2.14. The fraction of sp³-hybridized carbons (Fsp3) is 0.583. The summed E-state index contributed by atoms with van der Waals surface area (Å²) in [6.45, 7) is 11.0. The Balaban J connectivity index is 1.61. The Kier molecular flexibility index (Phi) is 7.48. The minimum atomic E-state index is 0.210. The summed E-state index contributed by atoms with van der Waals surface area (Å²) in [7, 11) is 1.69. The van der Waals surface area contributed by atoms with Gasteiger partial charge in [-0.1, -0.05) is 26.8 Å². The average Bonchev–Trinajstić information content (AvgIpc) is 3.18. The topological polar surface area (TPSA) is 47.5 Å². The lowest BCUT2D eigenvalue weighted by Gasteiger charge is -2.17. The zero-order chi connectivity index (χ0) is 20.7. The molecule has 1 fully saturated rings. The van der Waals surface area contributed by atoms with Crippen LogP contribution in [0.15, 0.2) is 30.5 Å². The molecule has 1 aromatic carbocycles. The second kappa shape index (κ2) is 10.1. The largest absolute Gasteiger partial charge is 0.493 e. The predicted molar refractivity (Wildman–Crippen MR) is 117 cm³/mol. The Hall–Kier alpha value is -2.14. The van der Waals surface area contributed by atoms with Crippen LogP contribution in [0.5, 0.6) is 11.5 Å². The molecule has 1 aliphatic rings. The number of hydrogen-bond donors (Lipinski definition) is 0. The van der Waals surface area contributed by atoms with Crippen molar-refractivity contribution >= 4 is 0 Å². The third-order valence-corrected chi connectivity index (χ3v) is 5.14. The first kappa shape index (κ1) is 21.6. The van der Waals surface area contributed by atoms with Crippen molar-refractivity contribution in [3.63, 3.8) is 0 Å². The molecule has 5 heteroatoms. The van der Waals surface area contributed by atoms with Gasteiger partial charge in [0.05, 0.1) is 13.7 Å². The second-order valence-electron chi connectivity index (χ2n) is 9.11. The summed E-state index contributed by atoms with van der Waals surface area (Å²) in [6.07, 6.45) is 7.18. The number of ether oxygens (including phenoxy) is 2. The maximum Gasteiger partial charge on any atom is 0.161 e. The van der Waals surface area contributed by atoms with Gasteiger partial charge in [-0.2, -0.15) is 0 Å². The van der Waals surface area contributed by atoms with Crippen molar-refractivity contribution in [1.82, 2.24) is 14.9 Å². The fourth-order valence-corrected chi connectivity index (χ4v) is 3.77. The zero-order valence-corrected chi connectivity index (χ0v) is 18.4. The van der Waals surface area contributed by atoms with Crippen LogP contribution in [-0.2, 0) is 12.8 Å². The third-order valence-electron chi connectivity index (χ3n) is 5.14. The highest BCUT2D eigenvalue weighted by molar-refractivity contribution is 5.43. The van der Waals surface area contributed by atoms with Gasteiger partial charge in [-0.15, -0.1) is 0 Å². The molecule has 3 rings (SSSR count). The normalized spacial score (nSPS) is 14.9. The van der Waals surface area contributed by atoms with Crippen molar-refractivity contribution in [3.8, 4) is 11.5 Å². The van der Waals surface area contributed by atoms with Gasteiger partial charge in [0.15, 0.2) is 11.5 Å². The molecule has 0 N–H and O–H groups in total. The van der Waals surface area contributed by atoms with Crippen molar-refractivity contribution in [2.24, 2.45) is 5.41 Å². The van der Waals surface area contributed by atoms with Gasteiger partial charge in [-0.3, -0.25) is 0 Å². The summed E-state index contributed by atoms with van der Waals surface area (Å²) in [5.74, 6) is 2.42. The van der Waals surface area contributed by atoms with Gasteiger partial charge in [0.2, 0.25) is 0 Å². The van der Waals surface area contributed by atoms with Crippen LogP contribution < -0.4 is 9.47 Å². The van der Waals surface area contributed by atoms with E-state index in [-0.39, 0.29) is 5.41 Å². The molecule has 29 heavy (non-hydrogen) atoms. The van der Waals surface area contributed by atoms with E-state index in [1.54, 1.807) is 7.11 Å². The van der Waals surface area contributed by atoms with Gasteiger partial charge < -0.3 is 14.4 Å². The number of aromatic nitrogens is 2. The molecule has 0 bridgehead atoms. The van der Waals surface area contributed by atoms with E-state index < -0.39 is 0 Å². The molecule has 5 nitrogen and oxygen atoms in total. The van der Waals surface area contributed by atoms with E-state index in [0.29, 0.717) is 13.0 Å². The van der Waals surface area contributed by atoms with Crippen molar-refractivity contribution in [2.45, 2.75) is 52.9 Å². The number of hydrogen-bond acceptors (Lipinski definition) is 5. The van der Waals surface area contributed by atoms with Crippen molar-refractivity contribution in [3.05, 3.63) is 47.5 Å². The second-order valence-corrected chi connectivity index (χ2v) is 9.11. The summed E-state index contributed by atoms with van der Waals surface area (Å²) >= 11 is 0. The quantitative estimate of drug-likeness (QED) is 0.582. The fourth-order valence-electron chi connectivity index (χ4n) is 3.77. The molecular weight excluding hydrogens is 362 g/mol. The monoisotopic (exact) mass is 397 g/mol. The molecule has 158 valence electrons. The van der Waals surface area contributed by atoms with Crippen LogP contribution in [-0.4, -0.2) is 48.2 Å². The van der Waals surface area contributed by atoms with E-state index in [1.165, 1.54) is 25.9 Å². The van der Waals surface area contributed by atoms with Crippen molar-refractivity contribution in [2.75, 3.05) is 33.4 Å². The molecule has 2 heterocycles. The smallest absolute Gasteiger partial charge is 0.161 e. The molecule has 2 aromatic rings. The Morgan fingerprint density at radius 1 is 1.07 bits per heavy atom. The molecule has 0 amide bonds. The molecular formula is C24H35N3O2. The van der Waals surface area contributed by atoms with Gasteiger partial charge in [0.1, 0.15) is 5.82 Å². The molecule has 1 aromatic heterocycles. The van der Waals surface area contributed by atoms with Gasteiger partial charge in [-0.25, -0.2) is 9.97 Å². The summed E-state index contributed by atoms with van der Waals surface area (Å²) < 4.78 is 11.6. The molecule has 1 aliphatic heterocycles. The van der Waals surface area contributed by atoms with Crippen LogP contribution in [0, 0.1) is 5.41 Å². The van der Waals surface area contributed by atoms with Crippen LogP contribution in [0.4, 0.5) is 0 Å². The maximum absolute atomic E-state index is 6.06. The van der Waals surface area contributed by atoms with E-state index in [0.717, 1.165) is 48.0 Å². The first-order valence-electron chi connectivity index (χ1n) is 10.8. The molecule has 1 saturated heterocycles. The van der Waals surface area contributed by atoms with Crippen LogP contribution in [0.1, 0.15) is 57.1 Å². The number of rotatable bonds is 9. The van der Waals surface area contributed by atoms with Gasteiger partial charge in [0, 0.05) is 24.9 Å². The molecule has 0 spiro atoms. The van der Waals surface area contributed by atoms with Crippen LogP contribution in [0.2, 0.25) is 0 Å². The lowest BCUT2D eigenvalue weighted by molar-refractivity contribution is 0.254. The summed E-state index contributed by atoms with van der Waals surface area (Å²) in [4.78, 5) is 11.7. The third kappa shape index (κ3) is 7.00. The predicted octanol–water partition coefficient (Wildman–Crippen LogP) is 4.53. The first-order valence-corrected chi connectivity index (χ1v) is 10.8. The Bertz CT molecular complexity index is 780. The average molecular weight is 398 g/mol. The molecule has 0 radical (unpaired) electrons. The number of likely N-dealkylation sites (tertiary alicyclic amines) is 1. The van der Waals surface area contributed by atoms with Crippen LogP contribution in [0.3, 0.4) is 0 Å². The van der Waals surface area contributed by atoms with Crippen molar-refractivity contribution < 1.29 is 9.47 Å². The van der Waals surface area contributed by atoms with E-state index in [2.05, 4.69) is 42.8 Å². The molecule has 0 aliphatic carbocycles. The minimum Gasteiger partial charge on any atom is -0.493 e. The van der Waals surface area contributed by atoms with Crippen LogP contribution >= 0.6 is 0 Å². The Morgan fingerprint density at radius 2 is 1.86 bits per heavy atom. The van der Waals surface area contributed by atoms with E-state index in [9.17, 15) is 0 Å². The first-order chi connectivity index (χ1) is 13.9. The Labute approximate surface area is 175 Å². The molecule has 0 saturated carbocycles. The van der Waals surface area contributed by atoms with Gasteiger partial charge in [0.25, 0.3) is 0 Å². The van der Waals surface area contributed by atoms with E-state index in [1.807, 2.05) is 18.3 Å². The molecule has 0 unspecified atom stereocenters. The SMILES string of the molecule is COc1ccc(Cc2nccc(CC(C)(C)C)n2)cc1OCCCN1CCCC1. The lowest BCUT2D eigenvalue weighted by atomic mass is 9.90. The lowest BCUT2D eigenvalue weighted by Crippen LogP contribution is -2.21.